The number of benzene rings is 2. The highest BCUT2D eigenvalue weighted by molar-refractivity contribution is 7.92. The molecule has 0 saturated heterocycles. The molecule has 0 amide bonds. The Balaban J connectivity index is 1.77. The number of nitrogens with zero attached hydrogens (tertiary/aromatic N) is 3. The number of rotatable bonds is 7. The van der Waals surface area contributed by atoms with E-state index < -0.39 is 38.8 Å². The molecule has 0 unspecified atom stereocenters. The van der Waals surface area contributed by atoms with Gasteiger partial charge in [-0.25, -0.2) is 31.6 Å². The van der Waals surface area contributed by atoms with Gasteiger partial charge in [0.25, 0.3) is 0 Å². The largest absolute Gasteiger partial charge is 0.335 e. The van der Waals surface area contributed by atoms with Crippen LogP contribution in [0.15, 0.2) is 55.1 Å². The van der Waals surface area contributed by atoms with Crippen LogP contribution in [0.1, 0.15) is 13.3 Å². The van der Waals surface area contributed by atoms with E-state index in [9.17, 15) is 17.2 Å². The number of halogens is 3. The molecule has 0 bridgehead atoms. The van der Waals surface area contributed by atoms with Gasteiger partial charge in [0.05, 0.1) is 17.0 Å². The van der Waals surface area contributed by atoms with Crippen molar-refractivity contribution in [1.82, 2.24) is 15.0 Å². The molecular formula is C22H18F3N5O2S. The van der Waals surface area contributed by atoms with E-state index in [1.54, 1.807) is 25.1 Å². The normalized spacial score (nSPS) is 11.5. The summed E-state index contributed by atoms with van der Waals surface area (Å²) in [7, 11) is -3.79. The third kappa shape index (κ3) is 4.72. The van der Waals surface area contributed by atoms with Crippen molar-refractivity contribution >= 4 is 38.1 Å². The van der Waals surface area contributed by atoms with Crippen LogP contribution < -0.4 is 10.0 Å². The second-order valence-electron chi connectivity index (χ2n) is 7.14. The van der Waals surface area contributed by atoms with Crippen molar-refractivity contribution in [1.29, 1.82) is 0 Å². The van der Waals surface area contributed by atoms with Crippen LogP contribution in [0.4, 0.5) is 30.4 Å². The summed E-state index contributed by atoms with van der Waals surface area (Å²) < 4.78 is 70.0. The van der Waals surface area contributed by atoms with Crippen LogP contribution in [-0.4, -0.2) is 29.1 Å². The van der Waals surface area contributed by atoms with Gasteiger partial charge in [-0.05, 0) is 42.3 Å². The summed E-state index contributed by atoms with van der Waals surface area (Å²) in [5.41, 5.74) is 0.154. The molecule has 33 heavy (non-hydrogen) atoms. The lowest BCUT2D eigenvalue weighted by atomic mass is 10.0. The quantitative estimate of drug-likeness (QED) is 0.392. The first-order valence-electron chi connectivity index (χ1n) is 9.89. The zero-order valence-corrected chi connectivity index (χ0v) is 18.1. The monoisotopic (exact) mass is 473 g/mol. The first kappa shape index (κ1) is 22.5. The molecule has 170 valence electrons. The van der Waals surface area contributed by atoms with Crippen LogP contribution >= 0.6 is 0 Å². The molecular weight excluding hydrogens is 455 g/mol. The number of anilines is 3. The van der Waals surface area contributed by atoms with Crippen LogP contribution in [0.5, 0.6) is 0 Å². The summed E-state index contributed by atoms with van der Waals surface area (Å²) in [6, 6.07) is 7.99. The molecule has 4 rings (SSSR count). The SMILES string of the molecule is CCCS(=O)(=O)Nc1ccc(F)c(Nc2ncnc3ccc(-c4cnccc4F)cc23)c1F. The Morgan fingerprint density at radius 3 is 2.58 bits per heavy atom. The molecule has 0 aliphatic heterocycles. The summed E-state index contributed by atoms with van der Waals surface area (Å²) in [4.78, 5) is 12.1. The molecule has 7 nitrogen and oxygen atoms in total. The third-order valence-corrected chi connectivity index (χ3v) is 6.26. The standard InChI is InChI=1S/C22H18F3N5O2S/c1-2-9-33(31,32)30-19-6-4-17(24)21(20(19)25)29-22-14-10-13(3-5-18(14)27-12-28-22)15-11-26-8-7-16(15)23/h3-8,10-12,30H,2,9H2,1H3,(H,27,28,29). The van der Waals surface area contributed by atoms with E-state index >= 15 is 4.39 Å². The van der Waals surface area contributed by atoms with E-state index in [-0.39, 0.29) is 17.1 Å². The van der Waals surface area contributed by atoms with E-state index in [1.165, 1.54) is 24.8 Å². The maximum absolute atomic E-state index is 15.1. The predicted molar refractivity (Wildman–Crippen MR) is 120 cm³/mol. The average molecular weight is 473 g/mol. The third-order valence-electron chi connectivity index (χ3n) is 4.79. The highest BCUT2D eigenvalue weighted by Gasteiger charge is 2.19. The molecule has 0 aliphatic carbocycles. The number of hydrogen-bond donors (Lipinski definition) is 2. The first-order chi connectivity index (χ1) is 15.8. The Hall–Kier alpha value is -3.73. The molecule has 11 heteroatoms. The molecule has 0 atom stereocenters. The van der Waals surface area contributed by atoms with Crippen LogP contribution in [0.2, 0.25) is 0 Å². The first-order valence-corrected chi connectivity index (χ1v) is 11.5. The minimum atomic E-state index is -3.79. The summed E-state index contributed by atoms with van der Waals surface area (Å²) in [6.07, 6.45) is 4.22. The van der Waals surface area contributed by atoms with E-state index in [0.717, 1.165) is 12.1 Å². The average Bonchev–Trinajstić information content (AvgIpc) is 2.78. The topological polar surface area (TPSA) is 96.9 Å². The van der Waals surface area contributed by atoms with Crippen LogP contribution in [0.25, 0.3) is 22.0 Å². The molecule has 2 heterocycles. The molecule has 0 fully saturated rings. The van der Waals surface area contributed by atoms with Gasteiger partial charge in [-0.2, -0.15) is 0 Å². The fourth-order valence-electron chi connectivity index (χ4n) is 3.27. The van der Waals surface area contributed by atoms with Crippen molar-refractivity contribution in [2.24, 2.45) is 0 Å². The van der Waals surface area contributed by atoms with Gasteiger partial charge in [-0.1, -0.05) is 13.0 Å². The fraction of sp³-hybridized carbons (Fsp3) is 0.136. The van der Waals surface area contributed by atoms with Crippen molar-refractivity contribution in [3.63, 3.8) is 0 Å². The Labute approximate surface area is 187 Å². The highest BCUT2D eigenvalue weighted by Crippen LogP contribution is 2.33. The predicted octanol–water partition coefficient (Wildman–Crippen LogP) is 5.00. The molecule has 2 aromatic heterocycles. The molecule has 4 aromatic rings. The Morgan fingerprint density at radius 2 is 1.82 bits per heavy atom. The summed E-state index contributed by atoms with van der Waals surface area (Å²) in [5, 5.41) is 2.96. The smallest absolute Gasteiger partial charge is 0.232 e. The molecule has 2 N–H and O–H groups in total. The lowest BCUT2D eigenvalue weighted by Crippen LogP contribution is -2.17. The molecule has 0 spiro atoms. The molecule has 2 aromatic carbocycles. The Morgan fingerprint density at radius 1 is 1.00 bits per heavy atom. The van der Waals surface area contributed by atoms with Gasteiger partial charge in [-0.15, -0.1) is 0 Å². The van der Waals surface area contributed by atoms with E-state index in [2.05, 4.69) is 25.0 Å². The van der Waals surface area contributed by atoms with Gasteiger partial charge in [0.1, 0.15) is 29.5 Å². The van der Waals surface area contributed by atoms with E-state index in [0.29, 0.717) is 22.9 Å². The van der Waals surface area contributed by atoms with Crippen LogP contribution in [0, 0.1) is 17.5 Å². The number of hydrogen-bond acceptors (Lipinski definition) is 6. The Kier molecular flexibility index (Phi) is 6.14. The number of fused-ring (bicyclic) bond motifs is 1. The van der Waals surface area contributed by atoms with Gasteiger partial charge in [0.2, 0.25) is 10.0 Å². The van der Waals surface area contributed by atoms with E-state index in [1.807, 2.05) is 0 Å². The zero-order valence-electron chi connectivity index (χ0n) is 17.3. The minimum absolute atomic E-state index is 0.0533. The van der Waals surface area contributed by atoms with Crippen molar-refractivity contribution in [3.05, 3.63) is 72.6 Å². The fourth-order valence-corrected chi connectivity index (χ4v) is 4.40. The highest BCUT2D eigenvalue weighted by atomic mass is 32.2. The molecule has 0 saturated carbocycles. The second-order valence-corrected chi connectivity index (χ2v) is 8.98. The number of sulfonamides is 1. The van der Waals surface area contributed by atoms with Gasteiger partial charge in [-0.3, -0.25) is 9.71 Å². The van der Waals surface area contributed by atoms with Crippen molar-refractivity contribution in [3.8, 4) is 11.1 Å². The molecule has 0 radical (unpaired) electrons. The van der Waals surface area contributed by atoms with E-state index in [4.69, 9.17) is 0 Å². The second kappa shape index (κ2) is 9.02. The van der Waals surface area contributed by atoms with Crippen LogP contribution in [0.3, 0.4) is 0 Å². The maximum Gasteiger partial charge on any atom is 0.232 e. The van der Waals surface area contributed by atoms with Gasteiger partial charge < -0.3 is 5.32 Å². The van der Waals surface area contributed by atoms with Crippen molar-refractivity contribution in [2.45, 2.75) is 13.3 Å². The number of pyridine rings is 1. The van der Waals surface area contributed by atoms with Gasteiger partial charge >= 0.3 is 0 Å². The van der Waals surface area contributed by atoms with Gasteiger partial charge in [0, 0.05) is 23.3 Å². The van der Waals surface area contributed by atoms with Crippen molar-refractivity contribution in [2.75, 3.05) is 15.8 Å². The number of aromatic nitrogens is 3. The van der Waals surface area contributed by atoms with Crippen molar-refractivity contribution < 1.29 is 21.6 Å². The zero-order chi connectivity index (χ0) is 23.6. The maximum atomic E-state index is 15.1. The van der Waals surface area contributed by atoms with Gasteiger partial charge in [0.15, 0.2) is 5.82 Å². The minimum Gasteiger partial charge on any atom is -0.335 e. The lowest BCUT2D eigenvalue weighted by molar-refractivity contribution is 0.588. The number of nitrogens with one attached hydrogen (secondary N) is 2. The Bertz CT molecular complexity index is 1450. The lowest BCUT2D eigenvalue weighted by Gasteiger charge is -2.14. The summed E-state index contributed by atoms with van der Waals surface area (Å²) in [6.45, 7) is 1.67. The van der Waals surface area contributed by atoms with Crippen LogP contribution in [-0.2, 0) is 10.0 Å². The summed E-state index contributed by atoms with van der Waals surface area (Å²) >= 11 is 0. The summed E-state index contributed by atoms with van der Waals surface area (Å²) in [5.74, 6) is -2.72. The molecule has 0 aliphatic rings.